The van der Waals surface area contributed by atoms with Crippen LogP contribution in [0.1, 0.15) is 12.0 Å². The van der Waals surface area contributed by atoms with Crippen LogP contribution < -0.4 is 5.48 Å². The average molecular weight is 364 g/mol. The van der Waals surface area contributed by atoms with E-state index in [0.717, 1.165) is 11.6 Å². The number of amides is 2. The Morgan fingerprint density at radius 3 is 2.69 bits per heavy atom. The van der Waals surface area contributed by atoms with E-state index in [2.05, 4.69) is 4.74 Å². The van der Waals surface area contributed by atoms with E-state index in [-0.39, 0.29) is 13.2 Å². The predicted octanol–water partition coefficient (Wildman–Crippen LogP) is 1.61. The number of carbonyl (C=O) groups is 3. The molecule has 9 nitrogen and oxygen atoms in total. The molecular weight excluding hydrogens is 344 g/mol. The van der Waals surface area contributed by atoms with Crippen molar-refractivity contribution in [2.45, 2.75) is 25.2 Å². The van der Waals surface area contributed by atoms with Crippen molar-refractivity contribution in [2.75, 3.05) is 13.7 Å². The summed E-state index contributed by atoms with van der Waals surface area (Å²) in [6, 6.07) is 8.44. The lowest BCUT2D eigenvalue weighted by Crippen LogP contribution is -2.41. The van der Waals surface area contributed by atoms with Gasteiger partial charge in [0.05, 0.1) is 13.2 Å². The van der Waals surface area contributed by atoms with Crippen molar-refractivity contribution in [3.63, 3.8) is 0 Å². The number of methoxy groups -OCH3 is 1. The monoisotopic (exact) mass is 364 g/mol. The molecule has 1 heterocycles. The molecule has 0 unspecified atom stereocenters. The average Bonchev–Trinajstić information content (AvgIpc) is 3.07. The highest BCUT2D eigenvalue weighted by Crippen LogP contribution is 2.23. The molecule has 1 aromatic rings. The zero-order chi connectivity index (χ0) is 18.9. The number of ether oxygens (including phenoxy) is 3. The fourth-order valence-electron chi connectivity index (χ4n) is 2.57. The Bertz CT molecular complexity index is 662. The van der Waals surface area contributed by atoms with E-state index in [4.69, 9.17) is 14.7 Å². The van der Waals surface area contributed by atoms with Crippen molar-refractivity contribution in [3.05, 3.63) is 48.0 Å². The van der Waals surface area contributed by atoms with Crippen molar-refractivity contribution in [2.24, 2.45) is 0 Å². The third kappa shape index (κ3) is 5.21. The number of rotatable bonds is 5. The van der Waals surface area contributed by atoms with E-state index < -0.39 is 30.3 Å². The molecule has 140 valence electrons. The Balaban J connectivity index is 2.05. The number of nitrogens with one attached hydrogen (secondary N) is 1. The zero-order valence-corrected chi connectivity index (χ0v) is 14.2. The Hall–Kier alpha value is -3.07. The standard InChI is InChI=1S/C17H20N2O7/c1-24-15(20)8-7-13-14(26-16(21)18-23)9-10-19(13)17(22)25-11-12-5-3-2-4-6-12/h2-8,13-14,23H,9-11H2,1H3,(H,18,21)/b8-7+/t13-,14-/m0/s1. The molecule has 1 aromatic carbocycles. The van der Waals surface area contributed by atoms with Gasteiger partial charge in [-0.3, -0.25) is 10.1 Å². The highest BCUT2D eigenvalue weighted by atomic mass is 16.6. The lowest BCUT2D eigenvalue weighted by atomic mass is 10.1. The minimum Gasteiger partial charge on any atom is -0.466 e. The fourth-order valence-corrected chi connectivity index (χ4v) is 2.57. The van der Waals surface area contributed by atoms with Gasteiger partial charge in [0.2, 0.25) is 0 Å². The van der Waals surface area contributed by atoms with E-state index in [1.54, 1.807) is 0 Å². The molecule has 1 aliphatic heterocycles. The summed E-state index contributed by atoms with van der Waals surface area (Å²) in [5.41, 5.74) is 2.20. The maximum atomic E-state index is 12.4. The molecule has 9 heteroatoms. The topological polar surface area (TPSA) is 114 Å². The number of nitrogens with zero attached hydrogens (tertiary/aromatic N) is 1. The molecular formula is C17H20N2O7. The van der Waals surface area contributed by atoms with Crippen LogP contribution in [0.2, 0.25) is 0 Å². The number of hydrogen-bond acceptors (Lipinski definition) is 7. The molecule has 2 atom stereocenters. The minimum absolute atomic E-state index is 0.0895. The number of esters is 1. The molecule has 2 rings (SSSR count). The van der Waals surface area contributed by atoms with Crippen molar-refractivity contribution in [3.8, 4) is 0 Å². The van der Waals surface area contributed by atoms with E-state index >= 15 is 0 Å². The summed E-state index contributed by atoms with van der Waals surface area (Å²) >= 11 is 0. The SMILES string of the molecule is COC(=O)/C=C/[C@H]1[C@@H](OC(=O)NO)CCN1C(=O)OCc1ccccc1. The first-order valence-corrected chi connectivity index (χ1v) is 7.89. The number of carbonyl (C=O) groups excluding carboxylic acids is 3. The lowest BCUT2D eigenvalue weighted by Gasteiger charge is -2.24. The van der Waals surface area contributed by atoms with Gasteiger partial charge in [-0.15, -0.1) is 0 Å². The van der Waals surface area contributed by atoms with Crippen LogP contribution in [0.3, 0.4) is 0 Å². The zero-order valence-electron chi connectivity index (χ0n) is 14.2. The van der Waals surface area contributed by atoms with Gasteiger partial charge >= 0.3 is 18.2 Å². The minimum atomic E-state index is -1.05. The van der Waals surface area contributed by atoms with E-state index in [1.165, 1.54) is 23.6 Å². The van der Waals surface area contributed by atoms with Crippen LogP contribution >= 0.6 is 0 Å². The first-order valence-electron chi connectivity index (χ1n) is 7.89. The fraction of sp³-hybridized carbons (Fsp3) is 0.353. The summed E-state index contributed by atoms with van der Waals surface area (Å²) in [4.78, 5) is 36.3. The highest BCUT2D eigenvalue weighted by Gasteiger charge is 2.39. The summed E-state index contributed by atoms with van der Waals surface area (Å²) in [5, 5.41) is 8.60. The largest absolute Gasteiger partial charge is 0.466 e. The van der Waals surface area contributed by atoms with Gasteiger partial charge < -0.3 is 14.2 Å². The summed E-state index contributed by atoms with van der Waals surface area (Å²) < 4.78 is 14.8. The van der Waals surface area contributed by atoms with Crippen LogP contribution in [0.15, 0.2) is 42.5 Å². The van der Waals surface area contributed by atoms with Crippen molar-refractivity contribution in [1.82, 2.24) is 10.4 Å². The van der Waals surface area contributed by atoms with Crippen molar-refractivity contribution >= 4 is 18.2 Å². The van der Waals surface area contributed by atoms with Crippen LogP contribution in [0.4, 0.5) is 9.59 Å². The normalized spacial score (nSPS) is 19.2. The number of hydroxylamine groups is 1. The number of benzene rings is 1. The van der Waals surface area contributed by atoms with Gasteiger partial charge in [0.1, 0.15) is 12.7 Å². The van der Waals surface area contributed by atoms with Gasteiger partial charge in [-0.2, -0.15) is 0 Å². The van der Waals surface area contributed by atoms with E-state index in [9.17, 15) is 14.4 Å². The summed E-state index contributed by atoms with van der Waals surface area (Å²) in [6.45, 7) is 0.347. The van der Waals surface area contributed by atoms with Crippen LogP contribution in [0, 0.1) is 0 Å². The first kappa shape index (κ1) is 19.3. The summed E-state index contributed by atoms with van der Waals surface area (Å²) in [7, 11) is 1.22. The molecule has 1 fully saturated rings. The molecule has 1 aliphatic rings. The Morgan fingerprint density at radius 2 is 2.04 bits per heavy atom. The molecule has 0 aliphatic carbocycles. The molecule has 0 spiro atoms. The summed E-state index contributed by atoms with van der Waals surface area (Å²) in [5.74, 6) is -0.611. The maximum Gasteiger partial charge on any atom is 0.431 e. The first-order chi connectivity index (χ1) is 12.5. The Morgan fingerprint density at radius 1 is 1.31 bits per heavy atom. The van der Waals surface area contributed by atoms with Crippen LogP contribution in [-0.2, 0) is 25.6 Å². The maximum absolute atomic E-state index is 12.4. The molecule has 0 saturated carbocycles. The highest BCUT2D eigenvalue weighted by molar-refractivity contribution is 5.82. The van der Waals surface area contributed by atoms with Gasteiger partial charge in [-0.05, 0) is 5.56 Å². The van der Waals surface area contributed by atoms with Crippen LogP contribution in [0.5, 0.6) is 0 Å². The predicted molar refractivity (Wildman–Crippen MR) is 88.1 cm³/mol. The Labute approximate surface area is 150 Å². The van der Waals surface area contributed by atoms with Crippen LogP contribution in [-0.4, -0.2) is 54.1 Å². The van der Waals surface area contributed by atoms with Gasteiger partial charge in [0, 0.05) is 19.0 Å². The third-order valence-electron chi connectivity index (χ3n) is 3.82. The van der Waals surface area contributed by atoms with Crippen LogP contribution in [0.25, 0.3) is 0 Å². The van der Waals surface area contributed by atoms with E-state index in [1.807, 2.05) is 30.3 Å². The molecule has 1 saturated heterocycles. The van der Waals surface area contributed by atoms with Crippen molar-refractivity contribution in [1.29, 1.82) is 0 Å². The molecule has 2 amide bonds. The van der Waals surface area contributed by atoms with Crippen molar-refractivity contribution < 1.29 is 33.8 Å². The smallest absolute Gasteiger partial charge is 0.431 e. The van der Waals surface area contributed by atoms with Gasteiger partial charge in [0.25, 0.3) is 0 Å². The second-order valence-corrected chi connectivity index (χ2v) is 5.45. The second-order valence-electron chi connectivity index (χ2n) is 5.45. The third-order valence-corrected chi connectivity index (χ3v) is 3.82. The molecule has 26 heavy (non-hydrogen) atoms. The second kappa shape index (κ2) is 9.42. The Kier molecular flexibility index (Phi) is 6.98. The quantitative estimate of drug-likeness (QED) is 0.268. The summed E-state index contributed by atoms with van der Waals surface area (Å²) in [6.07, 6.45) is 0.463. The van der Waals surface area contributed by atoms with E-state index in [0.29, 0.717) is 6.42 Å². The van der Waals surface area contributed by atoms with Gasteiger partial charge in [-0.1, -0.05) is 36.4 Å². The lowest BCUT2D eigenvalue weighted by molar-refractivity contribution is -0.134. The molecule has 0 radical (unpaired) electrons. The molecule has 0 bridgehead atoms. The number of hydrogen-bond donors (Lipinski definition) is 2. The van der Waals surface area contributed by atoms with Gasteiger partial charge in [0.15, 0.2) is 0 Å². The molecule has 0 aromatic heterocycles. The number of likely N-dealkylation sites (tertiary alicyclic amines) is 1. The molecule has 2 N–H and O–H groups in total. The van der Waals surface area contributed by atoms with Gasteiger partial charge in [-0.25, -0.2) is 19.9 Å².